The number of hydrogen-bond acceptors (Lipinski definition) is 6. The average Bonchev–Trinajstić information content (AvgIpc) is 3.56. The van der Waals surface area contributed by atoms with Crippen molar-refractivity contribution in [1.82, 2.24) is 29.7 Å². The first-order valence-electron chi connectivity index (χ1n) is 12.3. The number of rotatable bonds is 3. The normalized spacial score (nSPS) is 13.3. The van der Waals surface area contributed by atoms with Gasteiger partial charge < -0.3 is 4.98 Å². The van der Waals surface area contributed by atoms with Crippen LogP contribution in [0.5, 0.6) is 0 Å². The Morgan fingerprint density at radius 1 is 1.03 bits per heavy atom. The van der Waals surface area contributed by atoms with Crippen LogP contribution in [0.3, 0.4) is 0 Å². The van der Waals surface area contributed by atoms with E-state index in [0.717, 1.165) is 16.5 Å². The predicted molar refractivity (Wildman–Crippen MR) is 144 cm³/mol. The van der Waals surface area contributed by atoms with Gasteiger partial charge in [-0.05, 0) is 35.9 Å². The summed E-state index contributed by atoms with van der Waals surface area (Å²) in [4.78, 5) is 43.5. The molecule has 0 saturated carbocycles. The summed E-state index contributed by atoms with van der Waals surface area (Å²) in [6, 6.07) is 12.0. The van der Waals surface area contributed by atoms with E-state index in [1.54, 1.807) is 59.7 Å². The lowest BCUT2D eigenvalue weighted by molar-refractivity contribution is 0.0954. The molecular weight excluding hydrogens is 497 g/mol. The zero-order valence-electron chi connectivity index (χ0n) is 20.7. The molecule has 6 aromatic rings. The molecule has 0 aliphatic carbocycles. The highest BCUT2D eigenvalue weighted by Crippen LogP contribution is 2.37. The second-order valence-corrected chi connectivity index (χ2v) is 9.43. The smallest absolute Gasteiger partial charge is 0.259 e. The van der Waals surface area contributed by atoms with E-state index >= 15 is 4.39 Å². The monoisotopic (exact) mass is 517 g/mol. The molecule has 1 N–H and O–H groups in total. The third kappa shape index (κ3) is 3.68. The molecule has 190 valence electrons. The molecule has 1 aliphatic rings. The number of hydrogen-bond donors (Lipinski definition) is 1. The van der Waals surface area contributed by atoms with Crippen molar-refractivity contribution in [3.8, 4) is 22.4 Å². The number of halogens is 1. The van der Waals surface area contributed by atoms with Gasteiger partial charge in [-0.3, -0.25) is 24.2 Å². The summed E-state index contributed by atoms with van der Waals surface area (Å²) >= 11 is 0. The minimum atomic E-state index is -0.477. The van der Waals surface area contributed by atoms with Crippen molar-refractivity contribution in [3.63, 3.8) is 0 Å². The number of benzene rings is 1. The number of amides is 1. The molecule has 1 aliphatic heterocycles. The van der Waals surface area contributed by atoms with Crippen LogP contribution in [0.25, 0.3) is 44.3 Å². The molecule has 0 radical (unpaired) electrons. The summed E-state index contributed by atoms with van der Waals surface area (Å²) in [6.45, 7) is 0.256. The summed E-state index contributed by atoms with van der Waals surface area (Å²) in [5.74, 6) is -0.416. The molecule has 0 atom stereocenters. The fraction of sp³-hybridized carbons (Fsp3) is 0.103. The van der Waals surface area contributed by atoms with Crippen molar-refractivity contribution in [2.45, 2.75) is 6.42 Å². The largest absolute Gasteiger partial charge is 0.338 e. The number of Topliss-reactive ketones (excluding diaryl/α,β-unsaturated/α-hetero) is 1. The Kier molecular flexibility index (Phi) is 5.09. The molecule has 6 heterocycles. The van der Waals surface area contributed by atoms with E-state index in [1.165, 1.54) is 11.1 Å². The Morgan fingerprint density at radius 3 is 2.67 bits per heavy atom. The molecule has 0 saturated heterocycles. The Hall–Kier alpha value is -5.25. The Bertz CT molecular complexity index is 1940. The van der Waals surface area contributed by atoms with Gasteiger partial charge in [0.05, 0.1) is 35.4 Å². The quantitative estimate of drug-likeness (QED) is 0.356. The lowest BCUT2D eigenvalue weighted by atomic mass is 9.98. The van der Waals surface area contributed by atoms with E-state index in [9.17, 15) is 9.59 Å². The molecule has 7 rings (SSSR count). The van der Waals surface area contributed by atoms with Gasteiger partial charge in [0.25, 0.3) is 5.91 Å². The SMILES string of the molecule is Cn1cc(-c2cc3c(cn2)[nH]c2ncc(F)c(-c4ccc(C(=O)N5CCC(=O)c6cccnc65)cc4)c23)cn1. The molecule has 9 nitrogen and oxygen atoms in total. The van der Waals surface area contributed by atoms with Crippen LogP contribution in [0, 0.1) is 5.82 Å². The first-order valence-corrected chi connectivity index (χ1v) is 12.3. The maximum Gasteiger partial charge on any atom is 0.259 e. The van der Waals surface area contributed by atoms with Crippen LogP contribution in [-0.2, 0) is 7.05 Å². The van der Waals surface area contributed by atoms with Gasteiger partial charge in [0.1, 0.15) is 17.3 Å². The fourth-order valence-corrected chi connectivity index (χ4v) is 5.14. The maximum atomic E-state index is 15.4. The zero-order chi connectivity index (χ0) is 26.7. The number of nitrogens with zero attached hydrogens (tertiary/aromatic N) is 6. The maximum absolute atomic E-state index is 15.4. The minimum Gasteiger partial charge on any atom is -0.338 e. The number of ketones is 1. The van der Waals surface area contributed by atoms with E-state index in [2.05, 4.69) is 25.0 Å². The van der Waals surface area contributed by atoms with Crippen molar-refractivity contribution in [3.05, 3.63) is 90.4 Å². The van der Waals surface area contributed by atoms with Crippen molar-refractivity contribution in [1.29, 1.82) is 0 Å². The topological polar surface area (TPSA) is 110 Å². The van der Waals surface area contributed by atoms with Crippen LogP contribution in [0.1, 0.15) is 27.1 Å². The van der Waals surface area contributed by atoms with E-state index in [0.29, 0.717) is 44.8 Å². The Balaban J connectivity index is 1.30. The van der Waals surface area contributed by atoms with E-state index in [-0.39, 0.29) is 24.7 Å². The predicted octanol–water partition coefficient (Wildman–Crippen LogP) is 4.95. The lowest BCUT2D eigenvalue weighted by Crippen LogP contribution is -2.38. The number of H-pyrrole nitrogens is 1. The van der Waals surface area contributed by atoms with Crippen LogP contribution in [0.15, 0.2) is 73.4 Å². The Morgan fingerprint density at radius 2 is 1.87 bits per heavy atom. The zero-order valence-corrected chi connectivity index (χ0v) is 20.7. The van der Waals surface area contributed by atoms with Gasteiger partial charge in [0, 0.05) is 59.9 Å². The Labute approximate surface area is 221 Å². The molecule has 0 unspecified atom stereocenters. The van der Waals surface area contributed by atoms with Crippen molar-refractivity contribution in [2.75, 3.05) is 11.4 Å². The molecule has 1 aromatic carbocycles. The first kappa shape index (κ1) is 22.9. The van der Waals surface area contributed by atoms with Gasteiger partial charge in [-0.2, -0.15) is 5.10 Å². The van der Waals surface area contributed by atoms with Gasteiger partial charge in [0.15, 0.2) is 5.78 Å². The molecule has 0 fully saturated rings. The van der Waals surface area contributed by atoms with E-state index in [1.807, 2.05) is 19.3 Å². The van der Waals surface area contributed by atoms with Crippen LogP contribution < -0.4 is 4.90 Å². The van der Waals surface area contributed by atoms with Crippen LogP contribution in [0.4, 0.5) is 10.2 Å². The molecule has 39 heavy (non-hydrogen) atoms. The fourth-order valence-electron chi connectivity index (χ4n) is 5.14. The summed E-state index contributed by atoms with van der Waals surface area (Å²) in [5, 5.41) is 5.63. The number of aryl methyl sites for hydroxylation is 1. The van der Waals surface area contributed by atoms with Crippen molar-refractivity contribution in [2.24, 2.45) is 7.05 Å². The number of nitrogens with one attached hydrogen (secondary N) is 1. The third-order valence-electron chi connectivity index (χ3n) is 7.03. The van der Waals surface area contributed by atoms with Gasteiger partial charge in [0.2, 0.25) is 0 Å². The number of fused-ring (bicyclic) bond motifs is 4. The molecular formula is C29H20FN7O2. The highest BCUT2D eigenvalue weighted by atomic mass is 19.1. The molecule has 1 amide bonds. The van der Waals surface area contributed by atoms with Crippen LogP contribution >= 0.6 is 0 Å². The molecule has 0 spiro atoms. The highest BCUT2D eigenvalue weighted by Gasteiger charge is 2.29. The number of aromatic amines is 1. The number of anilines is 1. The van der Waals surface area contributed by atoms with Gasteiger partial charge >= 0.3 is 0 Å². The lowest BCUT2D eigenvalue weighted by Gasteiger charge is -2.27. The van der Waals surface area contributed by atoms with Gasteiger partial charge in [-0.25, -0.2) is 14.4 Å². The number of pyridine rings is 3. The summed E-state index contributed by atoms with van der Waals surface area (Å²) < 4.78 is 17.1. The molecule has 0 bridgehead atoms. The highest BCUT2D eigenvalue weighted by molar-refractivity contribution is 6.14. The van der Waals surface area contributed by atoms with E-state index in [4.69, 9.17) is 0 Å². The summed E-state index contributed by atoms with van der Waals surface area (Å²) in [7, 11) is 1.83. The summed E-state index contributed by atoms with van der Waals surface area (Å²) in [6.07, 6.45) is 8.29. The van der Waals surface area contributed by atoms with Crippen molar-refractivity contribution < 1.29 is 14.0 Å². The number of aromatic nitrogens is 6. The average molecular weight is 518 g/mol. The molecule has 10 heteroatoms. The standard InChI is InChI=1S/C29H20FN7O2/c1-36-15-18(12-34-36)22-11-20-23(14-32-22)35-27-26(20)25(21(30)13-33-27)16-4-6-17(7-5-16)29(39)37-10-8-24(38)19-3-2-9-31-28(19)37/h2-7,9,11-15H,8,10H2,1H3,(H,33,35). The van der Waals surface area contributed by atoms with Crippen LogP contribution in [0.2, 0.25) is 0 Å². The number of carbonyl (C=O) groups is 2. The van der Waals surface area contributed by atoms with E-state index < -0.39 is 5.82 Å². The number of carbonyl (C=O) groups excluding carboxylic acids is 2. The van der Waals surface area contributed by atoms with Crippen LogP contribution in [-0.4, -0.2) is 48.0 Å². The second-order valence-electron chi connectivity index (χ2n) is 9.43. The van der Waals surface area contributed by atoms with Gasteiger partial charge in [-0.1, -0.05) is 12.1 Å². The van der Waals surface area contributed by atoms with Crippen molar-refractivity contribution >= 4 is 39.4 Å². The minimum absolute atomic E-state index is 0.0321. The second kappa shape index (κ2) is 8.66. The first-order chi connectivity index (χ1) is 19.0. The van der Waals surface area contributed by atoms with Gasteiger partial charge in [-0.15, -0.1) is 0 Å². The third-order valence-corrected chi connectivity index (χ3v) is 7.03. The molecule has 5 aromatic heterocycles. The summed E-state index contributed by atoms with van der Waals surface area (Å²) in [5.41, 5.74) is 4.65.